The number of nitrogens with two attached hydrogens (primary N) is 1. The van der Waals surface area contributed by atoms with Crippen LogP contribution in [0.15, 0.2) is 18.2 Å². The number of rotatable bonds is 3. The molecule has 19 heavy (non-hydrogen) atoms. The van der Waals surface area contributed by atoms with Gasteiger partial charge in [-0.25, -0.2) is 9.18 Å². The minimum absolute atomic E-state index is 0.0617. The van der Waals surface area contributed by atoms with Crippen LogP contribution in [0.5, 0.6) is 0 Å². The van der Waals surface area contributed by atoms with Crippen LogP contribution in [-0.2, 0) is 4.74 Å². The Morgan fingerprint density at radius 2 is 2.16 bits per heavy atom. The van der Waals surface area contributed by atoms with Crippen LogP contribution in [0.2, 0.25) is 5.02 Å². The van der Waals surface area contributed by atoms with Gasteiger partial charge in [0.25, 0.3) is 0 Å². The van der Waals surface area contributed by atoms with Crippen LogP contribution < -0.4 is 11.1 Å². The first kappa shape index (κ1) is 15.7. The number of halogens is 2. The van der Waals surface area contributed by atoms with Crippen molar-refractivity contribution in [2.45, 2.75) is 32.4 Å². The highest BCUT2D eigenvalue weighted by Gasteiger charge is 2.18. The number of nitrogens with one attached hydrogen (secondary N) is 1. The van der Waals surface area contributed by atoms with Crippen LogP contribution in [-0.4, -0.2) is 18.2 Å². The first-order chi connectivity index (χ1) is 8.69. The molecule has 0 saturated heterocycles. The van der Waals surface area contributed by atoms with E-state index in [-0.39, 0.29) is 12.1 Å². The monoisotopic (exact) mass is 288 g/mol. The lowest BCUT2D eigenvalue weighted by atomic mass is 10.1. The fourth-order valence-corrected chi connectivity index (χ4v) is 1.60. The number of hydrogen-bond acceptors (Lipinski definition) is 3. The Hall–Kier alpha value is -1.33. The van der Waals surface area contributed by atoms with Crippen LogP contribution in [0.25, 0.3) is 0 Å². The van der Waals surface area contributed by atoms with Gasteiger partial charge in [0.15, 0.2) is 0 Å². The van der Waals surface area contributed by atoms with Crippen molar-refractivity contribution < 1.29 is 13.9 Å². The van der Waals surface area contributed by atoms with E-state index in [0.717, 1.165) is 0 Å². The van der Waals surface area contributed by atoms with Gasteiger partial charge in [-0.1, -0.05) is 11.6 Å². The Morgan fingerprint density at radius 1 is 1.53 bits per heavy atom. The van der Waals surface area contributed by atoms with Crippen LogP contribution >= 0.6 is 11.6 Å². The summed E-state index contributed by atoms with van der Waals surface area (Å²) in [5, 5.41) is 2.88. The van der Waals surface area contributed by atoms with E-state index in [4.69, 9.17) is 22.1 Å². The Morgan fingerprint density at radius 3 is 2.74 bits per heavy atom. The number of alkyl carbamates (subject to hydrolysis) is 1. The molecule has 0 aliphatic rings. The third kappa shape index (κ3) is 5.44. The molecule has 1 rings (SSSR count). The first-order valence-corrected chi connectivity index (χ1v) is 6.24. The molecule has 0 aliphatic heterocycles. The number of amides is 1. The molecule has 1 aromatic rings. The van der Waals surface area contributed by atoms with Gasteiger partial charge in [0.05, 0.1) is 6.04 Å². The molecule has 0 aliphatic carbocycles. The molecule has 0 fully saturated rings. The Balaban J connectivity index is 2.58. The number of ether oxygens (including phenoxy) is 1. The molecule has 0 spiro atoms. The topological polar surface area (TPSA) is 64.3 Å². The van der Waals surface area contributed by atoms with Gasteiger partial charge >= 0.3 is 6.09 Å². The molecule has 3 N–H and O–H groups in total. The Bertz CT molecular complexity index is 460. The van der Waals surface area contributed by atoms with E-state index in [1.807, 2.05) is 0 Å². The van der Waals surface area contributed by atoms with Crippen LogP contribution in [0, 0.1) is 5.82 Å². The highest BCUT2D eigenvalue weighted by molar-refractivity contribution is 6.30. The van der Waals surface area contributed by atoms with E-state index in [0.29, 0.717) is 5.02 Å². The number of carbonyl (C=O) groups is 1. The van der Waals surface area contributed by atoms with Crippen LogP contribution in [0.1, 0.15) is 32.4 Å². The van der Waals surface area contributed by atoms with E-state index in [1.54, 1.807) is 20.8 Å². The number of carbonyl (C=O) groups excluding carboxylic acids is 1. The van der Waals surface area contributed by atoms with Crippen molar-refractivity contribution in [3.63, 3.8) is 0 Å². The minimum atomic E-state index is -0.689. The maximum Gasteiger partial charge on any atom is 0.407 e. The zero-order chi connectivity index (χ0) is 14.6. The van der Waals surface area contributed by atoms with Gasteiger partial charge in [0.1, 0.15) is 11.4 Å². The quantitative estimate of drug-likeness (QED) is 0.898. The van der Waals surface area contributed by atoms with Gasteiger partial charge < -0.3 is 15.8 Å². The summed E-state index contributed by atoms with van der Waals surface area (Å²) in [6.45, 7) is 5.32. The minimum Gasteiger partial charge on any atom is -0.444 e. The summed E-state index contributed by atoms with van der Waals surface area (Å²) in [5.74, 6) is -0.456. The maximum atomic E-state index is 13.5. The summed E-state index contributed by atoms with van der Waals surface area (Å²) in [5.41, 5.74) is 5.47. The molecule has 1 amide bonds. The maximum absolute atomic E-state index is 13.5. The fourth-order valence-electron chi connectivity index (χ4n) is 1.42. The lowest BCUT2D eigenvalue weighted by molar-refractivity contribution is 0.0524. The number of hydrogen-bond donors (Lipinski definition) is 2. The highest BCUT2D eigenvalue weighted by Crippen LogP contribution is 2.19. The third-order valence-corrected chi connectivity index (χ3v) is 2.46. The summed E-state index contributed by atoms with van der Waals surface area (Å²) in [6, 6.07) is 3.43. The molecule has 1 atom stereocenters. The molecule has 1 unspecified atom stereocenters. The zero-order valence-corrected chi connectivity index (χ0v) is 11.9. The predicted molar refractivity (Wildman–Crippen MR) is 72.6 cm³/mol. The van der Waals surface area contributed by atoms with Crippen molar-refractivity contribution in [3.8, 4) is 0 Å². The van der Waals surface area contributed by atoms with E-state index in [1.165, 1.54) is 18.2 Å². The largest absolute Gasteiger partial charge is 0.444 e. The van der Waals surface area contributed by atoms with E-state index in [9.17, 15) is 9.18 Å². The second-order valence-corrected chi connectivity index (χ2v) is 5.59. The molecule has 1 aromatic carbocycles. The lowest BCUT2D eigenvalue weighted by Crippen LogP contribution is -2.36. The van der Waals surface area contributed by atoms with Gasteiger partial charge in [-0.05, 0) is 39.0 Å². The normalized spacial score (nSPS) is 12.9. The Kier molecular flexibility index (Phi) is 5.14. The lowest BCUT2D eigenvalue weighted by Gasteiger charge is -2.21. The van der Waals surface area contributed by atoms with Crippen molar-refractivity contribution in [2.75, 3.05) is 6.54 Å². The SMILES string of the molecule is CC(C)(C)OC(=O)NCC(N)c1cc(Cl)ccc1F. The van der Waals surface area contributed by atoms with Crippen molar-refractivity contribution in [1.29, 1.82) is 0 Å². The average molecular weight is 289 g/mol. The van der Waals surface area contributed by atoms with Crippen molar-refractivity contribution >= 4 is 17.7 Å². The smallest absolute Gasteiger partial charge is 0.407 e. The standard InChI is InChI=1S/C13H18ClFN2O2/c1-13(2,3)19-12(18)17-7-11(16)9-6-8(14)4-5-10(9)15/h4-6,11H,7,16H2,1-3H3,(H,17,18). The number of benzene rings is 1. The van der Waals surface area contributed by atoms with E-state index < -0.39 is 23.6 Å². The molecule has 0 bridgehead atoms. The van der Waals surface area contributed by atoms with Crippen molar-refractivity contribution in [1.82, 2.24) is 5.32 Å². The molecule has 0 radical (unpaired) electrons. The summed E-state index contributed by atoms with van der Waals surface area (Å²) < 4.78 is 18.6. The van der Waals surface area contributed by atoms with Crippen molar-refractivity contribution in [2.24, 2.45) is 5.73 Å². The van der Waals surface area contributed by atoms with E-state index >= 15 is 0 Å². The Labute approximate surface area is 117 Å². The van der Waals surface area contributed by atoms with Gasteiger partial charge in [0.2, 0.25) is 0 Å². The van der Waals surface area contributed by atoms with Crippen LogP contribution in [0.4, 0.5) is 9.18 Å². The summed E-state index contributed by atoms with van der Waals surface area (Å²) in [7, 11) is 0. The second-order valence-electron chi connectivity index (χ2n) is 5.16. The predicted octanol–water partition coefficient (Wildman–Crippen LogP) is 3.00. The first-order valence-electron chi connectivity index (χ1n) is 5.86. The molecule has 4 nitrogen and oxygen atoms in total. The summed E-state index contributed by atoms with van der Waals surface area (Å²) in [6.07, 6.45) is -0.592. The van der Waals surface area contributed by atoms with Gasteiger partial charge in [-0.2, -0.15) is 0 Å². The molecule has 0 saturated carbocycles. The second kappa shape index (κ2) is 6.21. The van der Waals surface area contributed by atoms with Gasteiger partial charge in [0, 0.05) is 17.1 Å². The highest BCUT2D eigenvalue weighted by atomic mass is 35.5. The molecular formula is C13H18ClFN2O2. The van der Waals surface area contributed by atoms with Gasteiger partial charge in [-0.15, -0.1) is 0 Å². The average Bonchev–Trinajstić information content (AvgIpc) is 2.27. The van der Waals surface area contributed by atoms with E-state index in [2.05, 4.69) is 5.32 Å². The zero-order valence-electron chi connectivity index (χ0n) is 11.2. The van der Waals surface area contributed by atoms with Crippen molar-refractivity contribution in [3.05, 3.63) is 34.6 Å². The third-order valence-electron chi connectivity index (χ3n) is 2.22. The molecular weight excluding hydrogens is 271 g/mol. The molecule has 0 aromatic heterocycles. The fraction of sp³-hybridized carbons (Fsp3) is 0.462. The molecule has 106 valence electrons. The summed E-state index contributed by atoms with van der Waals surface area (Å²) >= 11 is 5.78. The molecule has 6 heteroatoms. The van der Waals surface area contributed by atoms with Crippen LogP contribution in [0.3, 0.4) is 0 Å². The summed E-state index contributed by atoms with van der Waals surface area (Å²) in [4.78, 5) is 11.4. The van der Waals surface area contributed by atoms with Gasteiger partial charge in [-0.3, -0.25) is 0 Å². The molecule has 0 heterocycles.